The Morgan fingerprint density at radius 3 is 2.06 bits per heavy atom. The number of carbonyl (C=O) groups is 3. The molecule has 2 aromatic carbocycles. The zero-order valence-corrected chi connectivity index (χ0v) is 19.2. The van der Waals surface area contributed by atoms with Gasteiger partial charge >= 0.3 is 0 Å². The first-order chi connectivity index (χ1) is 14.6. The fraction of sp³-hybridized carbons (Fsp3) is 0.375. The highest BCUT2D eigenvalue weighted by Crippen LogP contribution is 2.21. The van der Waals surface area contributed by atoms with Crippen LogP contribution < -0.4 is 16.0 Å². The summed E-state index contributed by atoms with van der Waals surface area (Å²) in [7, 11) is 1.68. The Hall–Kier alpha value is -3.19. The third-order valence-corrected chi connectivity index (χ3v) is 5.09. The number of hydrogen-bond acceptors (Lipinski definition) is 4. The molecule has 31 heavy (non-hydrogen) atoms. The van der Waals surface area contributed by atoms with Crippen molar-refractivity contribution in [2.75, 3.05) is 37.3 Å². The molecule has 0 aliphatic carbocycles. The van der Waals surface area contributed by atoms with Gasteiger partial charge in [-0.05, 0) is 70.0 Å². The number of hydrogen-bond donors (Lipinski definition) is 3. The maximum atomic E-state index is 12.4. The normalized spacial score (nSPS) is 10.7. The lowest BCUT2D eigenvalue weighted by Gasteiger charge is -2.18. The summed E-state index contributed by atoms with van der Waals surface area (Å²) < 4.78 is 0. The lowest BCUT2D eigenvalue weighted by atomic mass is 10.1. The summed E-state index contributed by atoms with van der Waals surface area (Å²) in [6.45, 7) is 9.77. The molecule has 0 aliphatic heterocycles. The summed E-state index contributed by atoms with van der Waals surface area (Å²) in [4.78, 5) is 38.3. The molecule has 0 unspecified atom stereocenters. The van der Waals surface area contributed by atoms with Gasteiger partial charge in [-0.15, -0.1) is 0 Å². The highest BCUT2D eigenvalue weighted by Gasteiger charge is 2.14. The third-order valence-electron chi connectivity index (χ3n) is 5.09. The van der Waals surface area contributed by atoms with E-state index in [1.54, 1.807) is 11.9 Å². The zero-order valence-electron chi connectivity index (χ0n) is 19.2. The molecule has 0 saturated carbocycles. The SMILES string of the molecule is Cc1cc(C)c(NC(=O)CN(C)CC(=O)NCC(=O)Nc2cccc(C)c2C)c(C)c1. The van der Waals surface area contributed by atoms with Gasteiger partial charge in [0, 0.05) is 11.4 Å². The fourth-order valence-electron chi connectivity index (χ4n) is 3.42. The van der Waals surface area contributed by atoms with E-state index in [9.17, 15) is 14.4 Å². The van der Waals surface area contributed by atoms with Crippen LogP contribution in [0.3, 0.4) is 0 Å². The number of aryl methyl sites for hydroxylation is 4. The standard InChI is InChI=1S/C24H32N4O3/c1-15-10-17(3)24(18(4)11-15)27-23(31)14-28(6)13-22(30)25-12-21(29)26-20-9-7-8-16(2)19(20)5/h7-11H,12-14H2,1-6H3,(H,25,30)(H,26,29)(H,27,31). The molecule has 2 aromatic rings. The van der Waals surface area contributed by atoms with Gasteiger partial charge in [0.1, 0.15) is 0 Å². The van der Waals surface area contributed by atoms with Crippen LogP contribution in [0.25, 0.3) is 0 Å². The van der Waals surface area contributed by atoms with E-state index in [-0.39, 0.29) is 37.4 Å². The Bertz CT molecular complexity index is 962. The van der Waals surface area contributed by atoms with Crippen LogP contribution in [0.1, 0.15) is 27.8 Å². The Labute approximate surface area is 184 Å². The molecule has 0 heterocycles. The second kappa shape index (κ2) is 10.7. The first kappa shape index (κ1) is 24.1. The zero-order chi connectivity index (χ0) is 23.1. The minimum absolute atomic E-state index is 0.00996. The molecular formula is C24H32N4O3. The van der Waals surface area contributed by atoms with E-state index in [0.717, 1.165) is 39.2 Å². The van der Waals surface area contributed by atoms with Crippen LogP contribution in [0.5, 0.6) is 0 Å². The van der Waals surface area contributed by atoms with Crippen molar-refractivity contribution < 1.29 is 14.4 Å². The molecule has 0 fully saturated rings. The molecule has 7 nitrogen and oxygen atoms in total. The minimum Gasteiger partial charge on any atom is -0.346 e. The first-order valence-electron chi connectivity index (χ1n) is 10.3. The van der Waals surface area contributed by atoms with Crippen LogP contribution in [-0.4, -0.2) is 49.3 Å². The van der Waals surface area contributed by atoms with E-state index >= 15 is 0 Å². The number of nitrogens with one attached hydrogen (secondary N) is 3. The maximum absolute atomic E-state index is 12.4. The number of benzene rings is 2. The molecule has 166 valence electrons. The molecule has 0 aliphatic rings. The van der Waals surface area contributed by atoms with Crippen molar-refractivity contribution in [3.05, 3.63) is 58.1 Å². The second-order valence-electron chi connectivity index (χ2n) is 8.07. The molecule has 3 amide bonds. The van der Waals surface area contributed by atoms with Gasteiger partial charge in [-0.3, -0.25) is 19.3 Å². The van der Waals surface area contributed by atoms with Crippen molar-refractivity contribution in [1.29, 1.82) is 0 Å². The van der Waals surface area contributed by atoms with Crippen molar-refractivity contribution in [1.82, 2.24) is 10.2 Å². The molecule has 3 N–H and O–H groups in total. The third kappa shape index (κ3) is 7.22. The van der Waals surface area contributed by atoms with Crippen molar-refractivity contribution in [2.24, 2.45) is 0 Å². The number of likely N-dealkylation sites (N-methyl/N-ethyl adjacent to an activating group) is 1. The largest absolute Gasteiger partial charge is 0.346 e. The van der Waals surface area contributed by atoms with Crippen LogP contribution >= 0.6 is 0 Å². The molecule has 0 saturated heterocycles. The Morgan fingerprint density at radius 1 is 0.806 bits per heavy atom. The number of anilines is 2. The number of carbonyl (C=O) groups excluding carboxylic acids is 3. The predicted octanol–water partition coefficient (Wildman–Crippen LogP) is 2.85. The number of amides is 3. The first-order valence-corrected chi connectivity index (χ1v) is 10.3. The van der Waals surface area contributed by atoms with Crippen LogP contribution in [0, 0.1) is 34.6 Å². The summed E-state index contributed by atoms with van der Waals surface area (Å²) >= 11 is 0. The second-order valence-corrected chi connectivity index (χ2v) is 8.07. The van der Waals surface area contributed by atoms with Gasteiger partial charge in [-0.25, -0.2) is 0 Å². The number of nitrogens with zero attached hydrogens (tertiary/aromatic N) is 1. The van der Waals surface area contributed by atoms with Crippen molar-refractivity contribution >= 4 is 29.1 Å². The number of rotatable bonds is 8. The Kier molecular flexibility index (Phi) is 8.33. The fourth-order valence-corrected chi connectivity index (χ4v) is 3.42. The average Bonchev–Trinajstić information content (AvgIpc) is 2.66. The Balaban J connectivity index is 1.78. The summed E-state index contributed by atoms with van der Waals surface area (Å²) in [5, 5.41) is 8.31. The molecule has 0 atom stereocenters. The lowest BCUT2D eigenvalue weighted by Crippen LogP contribution is -2.41. The highest BCUT2D eigenvalue weighted by molar-refractivity contribution is 5.96. The lowest BCUT2D eigenvalue weighted by molar-refractivity contribution is -0.125. The van der Waals surface area contributed by atoms with Gasteiger partial charge in [0.15, 0.2) is 0 Å². The summed E-state index contributed by atoms with van der Waals surface area (Å²) in [6.07, 6.45) is 0. The monoisotopic (exact) mass is 424 g/mol. The minimum atomic E-state index is -0.325. The van der Waals surface area contributed by atoms with Crippen molar-refractivity contribution in [2.45, 2.75) is 34.6 Å². The van der Waals surface area contributed by atoms with Gasteiger partial charge in [-0.2, -0.15) is 0 Å². The maximum Gasteiger partial charge on any atom is 0.243 e. The Morgan fingerprint density at radius 2 is 1.42 bits per heavy atom. The quantitative estimate of drug-likeness (QED) is 0.608. The highest BCUT2D eigenvalue weighted by atomic mass is 16.2. The van der Waals surface area contributed by atoms with Gasteiger partial charge < -0.3 is 16.0 Å². The molecule has 0 bridgehead atoms. The van der Waals surface area contributed by atoms with E-state index in [2.05, 4.69) is 16.0 Å². The topological polar surface area (TPSA) is 90.5 Å². The van der Waals surface area contributed by atoms with Crippen molar-refractivity contribution in [3.8, 4) is 0 Å². The van der Waals surface area contributed by atoms with E-state index in [1.165, 1.54) is 0 Å². The molecule has 0 aromatic heterocycles. The molecule has 2 rings (SSSR count). The van der Waals surface area contributed by atoms with Crippen LogP contribution in [0.2, 0.25) is 0 Å². The van der Waals surface area contributed by atoms with Gasteiger partial charge in [0.2, 0.25) is 17.7 Å². The van der Waals surface area contributed by atoms with Gasteiger partial charge in [0.25, 0.3) is 0 Å². The van der Waals surface area contributed by atoms with Crippen LogP contribution in [0.15, 0.2) is 30.3 Å². The van der Waals surface area contributed by atoms with Crippen molar-refractivity contribution in [3.63, 3.8) is 0 Å². The predicted molar refractivity (Wildman–Crippen MR) is 124 cm³/mol. The summed E-state index contributed by atoms with van der Waals surface area (Å²) in [6, 6.07) is 9.70. The smallest absolute Gasteiger partial charge is 0.243 e. The van der Waals surface area contributed by atoms with E-state index in [1.807, 2.05) is 65.0 Å². The summed E-state index contributed by atoms with van der Waals surface area (Å²) in [5.74, 6) is -0.820. The van der Waals surface area contributed by atoms with E-state index in [0.29, 0.717) is 0 Å². The summed E-state index contributed by atoms with van der Waals surface area (Å²) in [5.41, 5.74) is 6.75. The molecule has 0 radical (unpaired) electrons. The van der Waals surface area contributed by atoms with Crippen LogP contribution in [-0.2, 0) is 14.4 Å². The average molecular weight is 425 g/mol. The van der Waals surface area contributed by atoms with E-state index in [4.69, 9.17) is 0 Å². The molecular weight excluding hydrogens is 392 g/mol. The molecule has 7 heteroatoms. The van der Waals surface area contributed by atoms with Gasteiger partial charge in [0.05, 0.1) is 19.6 Å². The van der Waals surface area contributed by atoms with Gasteiger partial charge in [-0.1, -0.05) is 29.8 Å². The van der Waals surface area contributed by atoms with E-state index < -0.39 is 0 Å². The molecule has 0 spiro atoms. The van der Waals surface area contributed by atoms with Crippen LogP contribution in [0.4, 0.5) is 11.4 Å².